The number of fused-ring (bicyclic) bond motifs is 6. The van der Waals surface area contributed by atoms with Gasteiger partial charge in [0.05, 0.1) is 16.7 Å². The number of rotatable bonds is 6. The number of benzene rings is 8. The van der Waals surface area contributed by atoms with E-state index in [1.165, 1.54) is 21.8 Å². The van der Waals surface area contributed by atoms with Gasteiger partial charge in [0.1, 0.15) is 5.52 Å². The highest BCUT2D eigenvalue weighted by molar-refractivity contribution is 6.11. The fraction of sp³-hybridized carbons (Fsp3) is 0. The van der Waals surface area contributed by atoms with Crippen LogP contribution in [0.4, 0.5) is 17.1 Å². The van der Waals surface area contributed by atoms with Crippen molar-refractivity contribution in [1.82, 2.24) is 9.55 Å². The van der Waals surface area contributed by atoms with E-state index >= 15 is 0 Å². The summed E-state index contributed by atoms with van der Waals surface area (Å²) in [6.07, 6.45) is 0. The van der Waals surface area contributed by atoms with Crippen LogP contribution in [0.1, 0.15) is 0 Å². The van der Waals surface area contributed by atoms with Gasteiger partial charge in [-0.1, -0.05) is 115 Å². The first-order valence-corrected chi connectivity index (χ1v) is 17.2. The molecule has 4 heteroatoms. The van der Waals surface area contributed by atoms with Gasteiger partial charge in [-0.3, -0.25) is 0 Å². The molecule has 0 unspecified atom stereocenters. The first kappa shape index (κ1) is 29.0. The van der Waals surface area contributed by atoms with Crippen LogP contribution in [-0.4, -0.2) is 9.55 Å². The Morgan fingerprint density at radius 1 is 0.471 bits per heavy atom. The quantitative estimate of drug-likeness (QED) is 0.179. The summed E-state index contributed by atoms with van der Waals surface area (Å²) in [5.74, 6) is 0.610. The number of anilines is 3. The predicted molar refractivity (Wildman–Crippen MR) is 211 cm³/mol. The van der Waals surface area contributed by atoms with Crippen molar-refractivity contribution in [3.05, 3.63) is 188 Å². The van der Waals surface area contributed by atoms with Crippen molar-refractivity contribution in [2.75, 3.05) is 4.90 Å². The molecular weight excluding hydrogens is 623 g/mol. The normalized spacial score (nSPS) is 11.5. The minimum Gasteiger partial charge on any atom is -0.435 e. The topological polar surface area (TPSA) is 34.2 Å². The fourth-order valence-electron chi connectivity index (χ4n) is 7.45. The molecule has 51 heavy (non-hydrogen) atoms. The van der Waals surface area contributed by atoms with Gasteiger partial charge in [-0.15, -0.1) is 0 Å². The summed E-state index contributed by atoms with van der Waals surface area (Å²) in [6, 6.07) is 66.3. The van der Waals surface area contributed by atoms with Crippen LogP contribution in [0.25, 0.3) is 71.9 Å². The van der Waals surface area contributed by atoms with Gasteiger partial charge in [-0.25, -0.2) is 4.98 Å². The molecular formula is C47H31N3O. The van der Waals surface area contributed by atoms with E-state index in [0.717, 1.165) is 61.3 Å². The Morgan fingerprint density at radius 2 is 1.14 bits per heavy atom. The van der Waals surface area contributed by atoms with Crippen molar-refractivity contribution in [2.24, 2.45) is 0 Å². The number of nitrogens with zero attached hydrogens (tertiary/aromatic N) is 3. The van der Waals surface area contributed by atoms with Crippen LogP contribution in [0.5, 0.6) is 0 Å². The summed E-state index contributed by atoms with van der Waals surface area (Å²) >= 11 is 0. The molecule has 2 heterocycles. The van der Waals surface area contributed by atoms with E-state index in [1.54, 1.807) is 0 Å². The molecule has 10 rings (SSSR count). The molecule has 240 valence electrons. The molecule has 0 fully saturated rings. The van der Waals surface area contributed by atoms with Crippen LogP contribution in [0.15, 0.2) is 192 Å². The maximum Gasteiger partial charge on any atom is 0.227 e. The van der Waals surface area contributed by atoms with Crippen molar-refractivity contribution < 1.29 is 4.42 Å². The molecule has 2 aromatic heterocycles. The van der Waals surface area contributed by atoms with Crippen molar-refractivity contribution >= 4 is 60.7 Å². The van der Waals surface area contributed by atoms with E-state index in [4.69, 9.17) is 9.40 Å². The number of oxazole rings is 1. The number of hydrogen-bond donors (Lipinski definition) is 0. The summed E-state index contributed by atoms with van der Waals surface area (Å²) in [4.78, 5) is 7.25. The second-order valence-electron chi connectivity index (χ2n) is 12.8. The molecule has 0 N–H and O–H groups in total. The summed E-state index contributed by atoms with van der Waals surface area (Å²) in [7, 11) is 0. The molecule has 0 aliphatic carbocycles. The molecule has 0 aliphatic heterocycles. The molecule has 0 bridgehead atoms. The summed E-state index contributed by atoms with van der Waals surface area (Å²) in [5, 5.41) is 4.62. The Kier molecular flexibility index (Phi) is 6.78. The van der Waals surface area contributed by atoms with E-state index in [1.807, 2.05) is 18.2 Å². The van der Waals surface area contributed by atoms with Gasteiger partial charge >= 0.3 is 0 Å². The van der Waals surface area contributed by atoms with Gasteiger partial charge in [0.25, 0.3) is 0 Å². The second-order valence-corrected chi connectivity index (χ2v) is 12.8. The van der Waals surface area contributed by atoms with Crippen molar-refractivity contribution in [3.8, 4) is 28.3 Å². The second kappa shape index (κ2) is 11.9. The summed E-state index contributed by atoms with van der Waals surface area (Å²) in [5.41, 5.74) is 11.6. The third-order valence-corrected chi connectivity index (χ3v) is 9.81. The first-order chi connectivity index (χ1) is 25.3. The van der Waals surface area contributed by atoms with Crippen molar-refractivity contribution in [1.29, 1.82) is 0 Å². The van der Waals surface area contributed by atoms with Crippen molar-refractivity contribution in [3.63, 3.8) is 0 Å². The van der Waals surface area contributed by atoms with Gasteiger partial charge in [0.15, 0.2) is 5.58 Å². The van der Waals surface area contributed by atoms with E-state index in [2.05, 4.69) is 179 Å². The lowest BCUT2D eigenvalue weighted by molar-refractivity contribution is 0.623. The highest BCUT2D eigenvalue weighted by atomic mass is 16.3. The molecule has 8 aromatic carbocycles. The summed E-state index contributed by atoms with van der Waals surface area (Å²) in [6.45, 7) is 0. The van der Waals surface area contributed by atoms with Crippen LogP contribution in [0, 0.1) is 0 Å². The summed E-state index contributed by atoms with van der Waals surface area (Å²) < 4.78 is 8.77. The van der Waals surface area contributed by atoms with Crippen molar-refractivity contribution in [2.45, 2.75) is 0 Å². The number of para-hydroxylation sites is 3. The maximum absolute atomic E-state index is 6.41. The molecule has 0 aliphatic rings. The van der Waals surface area contributed by atoms with Crippen LogP contribution < -0.4 is 4.90 Å². The molecule has 0 amide bonds. The third kappa shape index (κ3) is 4.88. The molecule has 0 radical (unpaired) electrons. The largest absolute Gasteiger partial charge is 0.435 e. The molecule has 0 spiro atoms. The van der Waals surface area contributed by atoms with Gasteiger partial charge in [0.2, 0.25) is 5.89 Å². The average molecular weight is 654 g/mol. The lowest BCUT2D eigenvalue weighted by Crippen LogP contribution is -2.11. The third-order valence-electron chi connectivity index (χ3n) is 9.81. The molecule has 4 nitrogen and oxygen atoms in total. The molecule has 10 aromatic rings. The van der Waals surface area contributed by atoms with Gasteiger partial charge < -0.3 is 13.9 Å². The minimum atomic E-state index is 0.610. The van der Waals surface area contributed by atoms with Gasteiger partial charge in [-0.2, -0.15) is 0 Å². The van der Waals surface area contributed by atoms with Crippen LogP contribution in [-0.2, 0) is 0 Å². The van der Waals surface area contributed by atoms with E-state index in [0.29, 0.717) is 5.89 Å². The zero-order valence-corrected chi connectivity index (χ0v) is 27.6. The standard InChI is InChI=1S/C47H31N3O/c1-3-13-32(14-4-1)38-18-9-11-21-43(38)49(36-26-23-34(24-27-36)47-48-42-29-25-33-15-7-8-19-39(33)46(42)51-47)37-28-30-45-41(31-37)40-20-10-12-22-44(40)50(45)35-16-5-2-6-17-35/h1-31H. The lowest BCUT2D eigenvalue weighted by Gasteiger charge is -2.28. The Hall–Kier alpha value is -6.91. The van der Waals surface area contributed by atoms with Crippen LogP contribution in [0.2, 0.25) is 0 Å². The number of hydrogen-bond acceptors (Lipinski definition) is 3. The Labute approximate surface area is 295 Å². The predicted octanol–water partition coefficient (Wildman–Crippen LogP) is 12.9. The van der Waals surface area contributed by atoms with E-state index in [-0.39, 0.29) is 0 Å². The zero-order valence-electron chi connectivity index (χ0n) is 27.6. The van der Waals surface area contributed by atoms with E-state index < -0.39 is 0 Å². The van der Waals surface area contributed by atoms with E-state index in [9.17, 15) is 0 Å². The smallest absolute Gasteiger partial charge is 0.227 e. The Bertz CT molecular complexity index is 2850. The maximum atomic E-state index is 6.41. The molecule has 0 atom stereocenters. The highest BCUT2D eigenvalue weighted by Crippen LogP contribution is 2.43. The number of aromatic nitrogens is 2. The van der Waals surface area contributed by atoms with Crippen LogP contribution in [0.3, 0.4) is 0 Å². The SMILES string of the molecule is c1ccc(-c2ccccc2N(c2ccc(-c3nc4ccc5ccccc5c4o3)cc2)c2ccc3c(c2)c2ccccc2n3-c2ccccc2)cc1. The Morgan fingerprint density at radius 3 is 1.98 bits per heavy atom. The lowest BCUT2D eigenvalue weighted by atomic mass is 10.0. The Balaban J connectivity index is 1.15. The zero-order chi connectivity index (χ0) is 33.7. The highest BCUT2D eigenvalue weighted by Gasteiger charge is 2.20. The molecule has 0 saturated carbocycles. The fourth-order valence-corrected chi connectivity index (χ4v) is 7.45. The first-order valence-electron chi connectivity index (χ1n) is 17.2. The van der Waals surface area contributed by atoms with Gasteiger partial charge in [-0.05, 0) is 83.7 Å². The minimum absolute atomic E-state index is 0.610. The average Bonchev–Trinajstić information content (AvgIpc) is 3.79. The monoisotopic (exact) mass is 653 g/mol. The van der Waals surface area contributed by atoms with Gasteiger partial charge in [0, 0.05) is 44.3 Å². The van der Waals surface area contributed by atoms with Crippen LogP contribution >= 0.6 is 0 Å². The molecule has 0 saturated heterocycles.